The zero-order chi connectivity index (χ0) is 10.7. The molecule has 1 heterocycles. The van der Waals surface area contributed by atoms with Crippen molar-refractivity contribution in [1.82, 2.24) is 4.90 Å². The van der Waals surface area contributed by atoms with Gasteiger partial charge >= 0.3 is 0 Å². The second kappa shape index (κ2) is 5.12. The Bertz CT molecular complexity index is 208. The van der Waals surface area contributed by atoms with Gasteiger partial charge in [-0.2, -0.15) is 0 Å². The Labute approximate surface area is 93.9 Å². The van der Waals surface area contributed by atoms with Crippen LogP contribution in [0.15, 0.2) is 0 Å². The molecular weight excluding hydrogens is 246 g/mol. The molecule has 4 heteroatoms. The SMILES string of the molecule is CCC1COC(C)CN1C(=O)C(C)Br. The van der Waals surface area contributed by atoms with Gasteiger partial charge in [0.15, 0.2) is 0 Å². The van der Waals surface area contributed by atoms with E-state index in [1.807, 2.05) is 18.7 Å². The molecule has 0 N–H and O–H groups in total. The first-order chi connectivity index (χ1) is 6.56. The molecular formula is C10H18BrNO2. The predicted octanol–water partition coefficient (Wildman–Crippen LogP) is 1.80. The topological polar surface area (TPSA) is 29.5 Å². The van der Waals surface area contributed by atoms with Crippen molar-refractivity contribution < 1.29 is 9.53 Å². The maximum absolute atomic E-state index is 11.8. The van der Waals surface area contributed by atoms with E-state index in [-0.39, 0.29) is 22.9 Å². The molecule has 0 aliphatic carbocycles. The highest BCUT2D eigenvalue weighted by molar-refractivity contribution is 9.10. The fourth-order valence-electron chi connectivity index (χ4n) is 1.68. The summed E-state index contributed by atoms with van der Waals surface area (Å²) in [7, 11) is 0. The summed E-state index contributed by atoms with van der Waals surface area (Å²) in [5.41, 5.74) is 0. The van der Waals surface area contributed by atoms with Crippen LogP contribution < -0.4 is 0 Å². The molecule has 14 heavy (non-hydrogen) atoms. The molecule has 0 aromatic carbocycles. The molecule has 1 fully saturated rings. The Kier molecular flexibility index (Phi) is 4.38. The van der Waals surface area contributed by atoms with E-state index < -0.39 is 0 Å². The second-order valence-electron chi connectivity index (χ2n) is 3.81. The third-order valence-corrected chi connectivity index (χ3v) is 2.95. The van der Waals surface area contributed by atoms with E-state index in [0.29, 0.717) is 13.2 Å². The van der Waals surface area contributed by atoms with E-state index in [9.17, 15) is 4.79 Å². The van der Waals surface area contributed by atoms with Crippen molar-refractivity contribution in [3.63, 3.8) is 0 Å². The van der Waals surface area contributed by atoms with Crippen LogP contribution in [0.25, 0.3) is 0 Å². The van der Waals surface area contributed by atoms with Gasteiger partial charge in [-0.05, 0) is 20.3 Å². The van der Waals surface area contributed by atoms with Crippen LogP contribution in [0.1, 0.15) is 27.2 Å². The number of halogens is 1. The van der Waals surface area contributed by atoms with Crippen molar-refractivity contribution in [3.05, 3.63) is 0 Å². The van der Waals surface area contributed by atoms with Crippen molar-refractivity contribution in [1.29, 1.82) is 0 Å². The van der Waals surface area contributed by atoms with E-state index in [0.717, 1.165) is 6.42 Å². The molecule has 1 aliphatic heterocycles. The number of hydrogen-bond donors (Lipinski definition) is 0. The number of morpholine rings is 1. The van der Waals surface area contributed by atoms with Crippen molar-refractivity contribution >= 4 is 21.8 Å². The van der Waals surface area contributed by atoms with Gasteiger partial charge in [0, 0.05) is 6.54 Å². The maximum atomic E-state index is 11.8. The fraction of sp³-hybridized carbons (Fsp3) is 0.900. The molecule has 3 atom stereocenters. The summed E-state index contributed by atoms with van der Waals surface area (Å²) >= 11 is 3.32. The van der Waals surface area contributed by atoms with Crippen LogP contribution in [0.2, 0.25) is 0 Å². The summed E-state index contributed by atoms with van der Waals surface area (Å²) in [4.78, 5) is 13.7. The summed E-state index contributed by atoms with van der Waals surface area (Å²) in [6.45, 7) is 7.35. The maximum Gasteiger partial charge on any atom is 0.236 e. The van der Waals surface area contributed by atoms with E-state index in [1.165, 1.54) is 0 Å². The third-order valence-electron chi connectivity index (χ3n) is 2.56. The number of carbonyl (C=O) groups excluding carboxylic acids is 1. The zero-order valence-corrected chi connectivity index (χ0v) is 10.6. The third kappa shape index (κ3) is 2.70. The highest BCUT2D eigenvalue weighted by Gasteiger charge is 2.30. The lowest BCUT2D eigenvalue weighted by Gasteiger charge is -2.39. The monoisotopic (exact) mass is 263 g/mol. The highest BCUT2D eigenvalue weighted by atomic mass is 79.9. The molecule has 1 saturated heterocycles. The first-order valence-electron chi connectivity index (χ1n) is 5.12. The molecule has 82 valence electrons. The van der Waals surface area contributed by atoms with Crippen molar-refractivity contribution in [2.75, 3.05) is 13.2 Å². The molecule has 1 aliphatic rings. The van der Waals surface area contributed by atoms with Crippen LogP contribution >= 0.6 is 15.9 Å². The molecule has 1 rings (SSSR count). The first-order valence-corrected chi connectivity index (χ1v) is 6.04. The van der Waals surface area contributed by atoms with Gasteiger partial charge in [-0.1, -0.05) is 22.9 Å². The smallest absolute Gasteiger partial charge is 0.236 e. The van der Waals surface area contributed by atoms with Crippen molar-refractivity contribution in [2.45, 2.75) is 44.2 Å². The predicted molar refractivity (Wildman–Crippen MR) is 59.6 cm³/mol. The quantitative estimate of drug-likeness (QED) is 0.712. The number of hydrogen-bond acceptors (Lipinski definition) is 2. The Balaban J connectivity index is 2.65. The standard InChI is InChI=1S/C10H18BrNO2/c1-4-9-6-14-7(2)5-12(9)10(13)8(3)11/h7-9H,4-6H2,1-3H3. The minimum absolute atomic E-state index is 0.0955. The Morgan fingerprint density at radius 3 is 2.86 bits per heavy atom. The number of carbonyl (C=O) groups is 1. The molecule has 0 aromatic rings. The second-order valence-corrected chi connectivity index (χ2v) is 5.19. The summed E-state index contributed by atoms with van der Waals surface area (Å²) < 4.78 is 5.53. The minimum atomic E-state index is -0.0955. The number of nitrogens with zero attached hydrogens (tertiary/aromatic N) is 1. The summed E-state index contributed by atoms with van der Waals surface area (Å²) in [5, 5.41) is 0. The number of rotatable bonds is 2. The van der Waals surface area contributed by atoms with Crippen LogP contribution in [0, 0.1) is 0 Å². The molecule has 1 amide bonds. The molecule has 0 radical (unpaired) electrons. The first kappa shape index (κ1) is 12.0. The van der Waals surface area contributed by atoms with Crippen LogP contribution in [0.4, 0.5) is 0 Å². The Morgan fingerprint density at radius 2 is 2.36 bits per heavy atom. The molecule has 0 aromatic heterocycles. The van der Waals surface area contributed by atoms with Gasteiger partial charge in [0.2, 0.25) is 5.91 Å². The molecule has 0 bridgehead atoms. The van der Waals surface area contributed by atoms with E-state index >= 15 is 0 Å². The minimum Gasteiger partial charge on any atom is -0.375 e. The van der Waals surface area contributed by atoms with Crippen LogP contribution in [0.5, 0.6) is 0 Å². The van der Waals surface area contributed by atoms with Crippen molar-refractivity contribution in [3.8, 4) is 0 Å². The van der Waals surface area contributed by atoms with Gasteiger partial charge in [-0.25, -0.2) is 0 Å². The summed E-state index contributed by atoms with van der Waals surface area (Å²) in [6, 6.07) is 0.249. The largest absolute Gasteiger partial charge is 0.375 e. The van der Waals surface area contributed by atoms with Crippen molar-refractivity contribution in [2.24, 2.45) is 0 Å². The lowest BCUT2D eigenvalue weighted by Crippen LogP contribution is -2.53. The zero-order valence-electron chi connectivity index (χ0n) is 9.00. The van der Waals surface area contributed by atoms with Gasteiger partial charge < -0.3 is 9.64 Å². The average molecular weight is 264 g/mol. The van der Waals surface area contributed by atoms with Crippen LogP contribution in [0.3, 0.4) is 0 Å². The molecule has 0 saturated carbocycles. The number of amides is 1. The van der Waals surface area contributed by atoms with Gasteiger partial charge in [-0.3, -0.25) is 4.79 Å². The average Bonchev–Trinajstić information content (AvgIpc) is 2.16. The van der Waals surface area contributed by atoms with Gasteiger partial charge in [0.05, 0.1) is 23.6 Å². The van der Waals surface area contributed by atoms with Gasteiger partial charge in [0.25, 0.3) is 0 Å². The molecule has 0 spiro atoms. The lowest BCUT2D eigenvalue weighted by atomic mass is 10.1. The van der Waals surface area contributed by atoms with Crippen LogP contribution in [-0.4, -0.2) is 40.9 Å². The highest BCUT2D eigenvalue weighted by Crippen LogP contribution is 2.17. The number of alkyl halides is 1. The van der Waals surface area contributed by atoms with Crippen LogP contribution in [-0.2, 0) is 9.53 Å². The van der Waals surface area contributed by atoms with E-state index in [4.69, 9.17) is 4.74 Å². The normalized spacial score (nSPS) is 30.1. The number of ether oxygens (including phenoxy) is 1. The van der Waals surface area contributed by atoms with Gasteiger partial charge in [-0.15, -0.1) is 0 Å². The Hall–Kier alpha value is -0.0900. The van der Waals surface area contributed by atoms with Gasteiger partial charge in [0.1, 0.15) is 0 Å². The molecule has 3 nitrogen and oxygen atoms in total. The fourth-order valence-corrected chi connectivity index (χ4v) is 1.94. The lowest BCUT2D eigenvalue weighted by molar-refractivity contribution is -0.143. The van der Waals surface area contributed by atoms with E-state index in [1.54, 1.807) is 0 Å². The van der Waals surface area contributed by atoms with E-state index in [2.05, 4.69) is 22.9 Å². The summed E-state index contributed by atoms with van der Waals surface area (Å²) in [6.07, 6.45) is 1.12. The summed E-state index contributed by atoms with van der Waals surface area (Å²) in [5.74, 6) is 0.173. The molecule has 3 unspecified atom stereocenters. The Morgan fingerprint density at radius 1 is 1.71 bits per heavy atom.